The average Bonchev–Trinajstić information content (AvgIpc) is 2.80. The third kappa shape index (κ3) is 2.87. The molecular formula is C15H10Br2Cl2N2. The third-order valence-corrected chi connectivity index (χ3v) is 4.65. The van der Waals surface area contributed by atoms with Gasteiger partial charge in [0.1, 0.15) is 5.82 Å². The van der Waals surface area contributed by atoms with E-state index in [1.165, 1.54) is 0 Å². The molecule has 0 aliphatic heterocycles. The largest absolute Gasteiger partial charge is 0.293 e. The van der Waals surface area contributed by atoms with Crippen molar-refractivity contribution in [3.8, 4) is 5.69 Å². The molecule has 2 nitrogen and oxygen atoms in total. The zero-order valence-electron chi connectivity index (χ0n) is 10.9. The molecule has 0 aliphatic rings. The second-order valence-electron chi connectivity index (χ2n) is 4.65. The molecule has 0 saturated carbocycles. The van der Waals surface area contributed by atoms with Gasteiger partial charge in [0, 0.05) is 8.95 Å². The lowest BCUT2D eigenvalue weighted by atomic mass is 10.2. The van der Waals surface area contributed by atoms with Crippen molar-refractivity contribution in [2.75, 3.05) is 0 Å². The van der Waals surface area contributed by atoms with E-state index in [1.54, 1.807) is 0 Å². The molecule has 1 aromatic heterocycles. The number of rotatable bonds is 2. The van der Waals surface area contributed by atoms with E-state index < -0.39 is 0 Å². The number of hydrogen-bond donors (Lipinski definition) is 0. The Kier molecular flexibility index (Phi) is 4.33. The van der Waals surface area contributed by atoms with Crippen LogP contribution >= 0.6 is 55.1 Å². The van der Waals surface area contributed by atoms with Gasteiger partial charge < -0.3 is 0 Å². The Labute approximate surface area is 149 Å². The van der Waals surface area contributed by atoms with Crippen molar-refractivity contribution in [3.05, 3.63) is 56.2 Å². The normalized spacial score (nSPS) is 12.8. The van der Waals surface area contributed by atoms with Gasteiger partial charge in [0.05, 0.1) is 27.1 Å². The van der Waals surface area contributed by atoms with Crippen molar-refractivity contribution in [2.24, 2.45) is 0 Å². The first-order valence-electron chi connectivity index (χ1n) is 6.25. The van der Waals surface area contributed by atoms with Gasteiger partial charge in [0.2, 0.25) is 0 Å². The SMILES string of the molecule is CC(Cl)c1nc2ccc(Br)cc2n1-c1cc(Br)ccc1Cl. The summed E-state index contributed by atoms with van der Waals surface area (Å²) in [5.74, 6) is 0.768. The summed E-state index contributed by atoms with van der Waals surface area (Å²) < 4.78 is 3.94. The average molecular weight is 449 g/mol. The van der Waals surface area contributed by atoms with Gasteiger partial charge >= 0.3 is 0 Å². The maximum Gasteiger partial charge on any atom is 0.132 e. The van der Waals surface area contributed by atoms with Gasteiger partial charge in [0.25, 0.3) is 0 Å². The number of alkyl halides is 1. The summed E-state index contributed by atoms with van der Waals surface area (Å²) in [5.41, 5.74) is 2.71. The monoisotopic (exact) mass is 446 g/mol. The second-order valence-corrected chi connectivity index (χ2v) is 7.54. The molecule has 3 rings (SSSR count). The molecule has 0 fully saturated rings. The van der Waals surface area contributed by atoms with Crippen LogP contribution in [0.3, 0.4) is 0 Å². The lowest BCUT2D eigenvalue weighted by Crippen LogP contribution is -2.02. The van der Waals surface area contributed by atoms with Crippen molar-refractivity contribution in [3.63, 3.8) is 0 Å². The zero-order valence-corrected chi connectivity index (χ0v) is 15.6. The molecule has 21 heavy (non-hydrogen) atoms. The van der Waals surface area contributed by atoms with Crippen LogP contribution in [0.15, 0.2) is 45.3 Å². The van der Waals surface area contributed by atoms with Gasteiger partial charge in [-0.25, -0.2) is 4.98 Å². The van der Waals surface area contributed by atoms with Crippen LogP contribution < -0.4 is 0 Å². The lowest BCUT2D eigenvalue weighted by Gasteiger charge is -2.13. The minimum absolute atomic E-state index is 0.230. The van der Waals surface area contributed by atoms with Crippen molar-refractivity contribution in [1.82, 2.24) is 9.55 Å². The Morgan fingerprint density at radius 1 is 1.10 bits per heavy atom. The van der Waals surface area contributed by atoms with Gasteiger partial charge in [-0.1, -0.05) is 43.5 Å². The van der Waals surface area contributed by atoms with Crippen molar-refractivity contribution in [1.29, 1.82) is 0 Å². The maximum atomic E-state index is 6.38. The van der Waals surface area contributed by atoms with Gasteiger partial charge in [0.15, 0.2) is 0 Å². The van der Waals surface area contributed by atoms with Crippen molar-refractivity contribution < 1.29 is 0 Å². The Morgan fingerprint density at radius 2 is 1.76 bits per heavy atom. The first-order valence-corrected chi connectivity index (χ1v) is 8.65. The van der Waals surface area contributed by atoms with E-state index in [9.17, 15) is 0 Å². The number of nitrogens with zero attached hydrogens (tertiary/aromatic N) is 2. The molecule has 0 aliphatic carbocycles. The van der Waals surface area contributed by atoms with Crippen LogP contribution in [-0.2, 0) is 0 Å². The second kappa shape index (κ2) is 5.92. The van der Waals surface area contributed by atoms with E-state index in [1.807, 2.05) is 47.9 Å². The minimum atomic E-state index is -0.230. The van der Waals surface area contributed by atoms with Crippen LogP contribution in [0.4, 0.5) is 0 Å². The Hall–Kier alpha value is -0.550. The molecule has 108 valence electrons. The standard InChI is InChI=1S/C15H10Br2Cl2N2/c1-8(18)15-20-12-5-3-10(17)7-14(12)21(15)13-6-9(16)2-4-11(13)19/h2-8H,1H3. The smallest absolute Gasteiger partial charge is 0.132 e. The van der Waals surface area contributed by atoms with E-state index in [0.717, 1.165) is 31.5 Å². The number of halogens is 4. The Balaban J connectivity index is 2.41. The van der Waals surface area contributed by atoms with E-state index in [0.29, 0.717) is 5.02 Å². The summed E-state index contributed by atoms with van der Waals surface area (Å²) in [7, 11) is 0. The van der Waals surface area contributed by atoms with Crippen molar-refractivity contribution in [2.45, 2.75) is 12.3 Å². The van der Waals surface area contributed by atoms with Crippen LogP contribution in [0.2, 0.25) is 5.02 Å². The van der Waals surface area contributed by atoms with Crippen molar-refractivity contribution >= 4 is 66.1 Å². The molecule has 3 aromatic rings. The fraction of sp³-hybridized carbons (Fsp3) is 0.133. The first kappa shape index (κ1) is 15.3. The van der Waals surface area contributed by atoms with Crippen LogP contribution in [0, 0.1) is 0 Å². The molecule has 0 radical (unpaired) electrons. The van der Waals surface area contributed by atoms with Gasteiger partial charge in [-0.2, -0.15) is 0 Å². The molecule has 0 spiro atoms. The third-order valence-electron chi connectivity index (χ3n) is 3.15. The predicted octanol–water partition coefficient (Wildman–Crippen LogP) is 6.50. The summed E-state index contributed by atoms with van der Waals surface area (Å²) >= 11 is 19.7. The first-order chi connectivity index (χ1) is 9.97. The zero-order chi connectivity index (χ0) is 15.1. The number of hydrogen-bond acceptors (Lipinski definition) is 1. The lowest BCUT2D eigenvalue weighted by molar-refractivity contribution is 0.882. The molecule has 2 aromatic carbocycles. The molecule has 0 saturated heterocycles. The predicted molar refractivity (Wildman–Crippen MR) is 95.7 cm³/mol. The number of aromatic nitrogens is 2. The van der Waals surface area contributed by atoms with E-state index in [2.05, 4.69) is 36.8 Å². The summed E-state index contributed by atoms with van der Waals surface area (Å²) in [5, 5.41) is 0.419. The number of benzene rings is 2. The van der Waals surface area contributed by atoms with Crippen LogP contribution in [0.25, 0.3) is 16.7 Å². The highest BCUT2D eigenvalue weighted by Crippen LogP contribution is 2.33. The molecule has 1 heterocycles. The highest BCUT2D eigenvalue weighted by atomic mass is 79.9. The maximum absolute atomic E-state index is 6.38. The molecule has 0 bridgehead atoms. The highest BCUT2D eigenvalue weighted by Gasteiger charge is 2.18. The summed E-state index contributed by atoms with van der Waals surface area (Å²) in [6.45, 7) is 1.90. The van der Waals surface area contributed by atoms with Crippen LogP contribution in [-0.4, -0.2) is 9.55 Å². The molecule has 6 heteroatoms. The number of fused-ring (bicyclic) bond motifs is 1. The van der Waals surface area contributed by atoms with Crippen LogP contribution in [0.5, 0.6) is 0 Å². The molecule has 1 unspecified atom stereocenters. The van der Waals surface area contributed by atoms with Gasteiger partial charge in [-0.05, 0) is 43.3 Å². The van der Waals surface area contributed by atoms with Gasteiger partial charge in [-0.15, -0.1) is 11.6 Å². The van der Waals surface area contributed by atoms with E-state index in [4.69, 9.17) is 23.2 Å². The Morgan fingerprint density at radius 3 is 2.48 bits per heavy atom. The molecule has 0 N–H and O–H groups in total. The summed E-state index contributed by atoms with van der Waals surface area (Å²) in [4.78, 5) is 4.64. The Bertz CT molecular complexity index is 828. The quantitative estimate of drug-likeness (QED) is 0.409. The van der Waals surface area contributed by atoms with E-state index >= 15 is 0 Å². The molecule has 1 atom stereocenters. The fourth-order valence-electron chi connectivity index (χ4n) is 2.24. The summed E-state index contributed by atoms with van der Waals surface area (Å²) in [6.07, 6.45) is 0. The summed E-state index contributed by atoms with van der Waals surface area (Å²) in [6, 6.07) is 11.7. The fourth-order valence-corrected chi connectivity index (χ4v) is 3.29. The van der Waals surface area contributed by atoms with Gasteiger partial charge in [-0.3, -0.25) is 4.57 Å². The number of imidazole rings is 1. The molecule has 0 amide bonds. The molecular weight excluding hydrogens is 439 g/mol. The highest BCUT2D eigenvalue weighted by molar-refractivity contribution is 9.10. The van der Waals surface area contributed by atoms with Crippen LogP contribution in [0.1, 0.15) is 18.1 Å². The topological polar surface area (TPSA) is 17.8 Å². The minimum Gasteiger partial charge on any atom is -0.293 e. The van der Waals surface area contributed by atoms with E-state index in [-0.39, 0.29) is 5.38 Å².